The summed E-state index contributed by atoms with van der Waals surface area (Å²) in [5.41, 5.74) is 1.07. The molecule has 1 aliphatic heterocycles. The van der Waals surface area contributed by atoms with Crippen molar-refractivity contribution in [2.45, 2.75) is 32.7 Å². The van der Waals surface area contributed by atoms with Crippen molar-refractivity contribution < 1.29 is 17.9 Å². The molecule has 0 radical (unpaired) electrons. The van der Waals surface area contributed by atoms with E-state index in [-0.39, 0.29) is 15.6 Å². The fourth-order valence-electron chi connectivity index (χ4n) is 2.39. The Balaban J connectivity index is 2.03. The molecule has 1 fully saturated rings. The Morgan fingerprint density at radius 3 is 2.67 bits per heavy atom. The molecule has 1 unspecified atom stereocenters. The summed E-state index contributed by atoms with van der Waals surface area (Å²) in [5, 5.41) is 3.38. The maximum Gasteiger partial charge on any atom is 0.573 e. The number of nitrogens with one attached hydrogen (secondary N) is 1. The summed E-state index contributed by atoms with van der Waals surface area (Å²) in [5.74, 6) is 1.90. The molecule has 1 atom stereocenters. The molecule has 0 bridgehead atoms. The summed E-state index contributed by atoms with van der Waals surface area (Å²) >= 11 is 5.01. The van der Waals surface area contributed by atoms with Crippen LogP contribution in [-0.2, 0) is 0 Å². The van der Waals surface area contributed by atoms with E-state index in [0.29, 0.717) is 6.04 Å². The van der Waals surface area contributed by atoms with Gasteiger partial charge in [-0.2, -0.15) is 11.8 Å². The quantitative estimate of drug-likeness (QED) is 0.765. The van der Waals surface area contributed by atoms with Gasteiger partial charge in [0.05, 0.1) is 4.47 Å². The van der Waals surface area contributed by atoms with E-state index in [0.717, 1.165) is 23.6 Å². The normalized spacial score (nSPS) is 21.9. The van der Waals surface area contributed by atoms with Gasteiger partial charge in [0.1, 0.15) is 5.75 Å². The number of ether oxygens (including phenoxy) is 1. The molecule has 1 saturated heterocycles. The van der Waals surface area contributed by atoms with Crippen LogP contribution in [0.25, 0.3) is 0 Å². The first-order valence-electron chi connectivity index (χ1n) is 6.54. The summed E-state index contributed by atoms with van der Waals surface area (Å²) in [7, 11) is 0. The Bertz CT molecular complexity index is 507. The van der Waals surface area contributed by atoms with Crippen molar-refractivity contribution in [1.82, 2.24) is 0 Å². The second kappa shape index (κ2) is 6.28. The highest BCUT2D eigenvalue weighted by Crippen LogP contribution is 2.36. The minimum Gasteiger partial charge on any atom is -0.405 e. The van der Waals surface area contributed by atoms with E-state index in [2.05, 4.69) is 39.8 Å². The third-order valence-electron chi connectivity index (χ3n) is 3.14. The molecule has 1 N–H and O–H groups in total. The molecule has 0 aliphatic carbocycles. The third-order valence-corrected chi connectivity index (χ3v) is 5.38. The Hall–Kier alpha value is -0.560. The monoisotopic (exact) mass is 383 g/mol. The number of benzene rings is 1. The van der Waals surface area contributed by atoms with E-state index in [4.69, 9.17) is 0 Å². The molecular formula is C14H17BrF3NOS. The van der Waals surface area contributed by atoms with Gasteiger partial charge in [-0.05, 0) is 51.7 Å². The predicted molar refractivity (Wildman–Crippen MR) is 84.0 cm³/mol. The maximum atomic E-state index is 12.2. The molecule has 1 aromatic carbocycles. The maximum absolute atomic E-state index is 12.2. The van der Waals surface area contributed by atoms with Gasteiger partial charge >= 0.3 is 6.36 Å². The number of hydrogen-bond acceptors (Lipinski definition) is 3. The van der Waals surface area contributed by atoms with Gasteiger partial charge in [0.25, 0.3) is 0 Å². The third kappa shape index (κ3) is 5.29. The van der Waals surface area contributed by atoms with Gasteiger partial charge in [-0.25, -0.2) is 0 Å². The highest BCUT2D eigenvalue weighted by molar-refractivity contribution is 9.10. The molecule has 7 heteroatoms. The number of rotatable bonds is 3. The Morgan fingerprint density at radius 1 is 1.38 bits per heavy atom. The second-order valence-electron chi connectivity index (χ2n) is 5.92. The Morgan fingerprint density at radius 2 is 2.10 bits per heavy atom. The molecule has 118 valence electrons. The summed E-state index contributed by atoms with van der Waals surface area (Å²) in [6.45, 7) is 4.45. The number of anilines is 1. The molecule has 1 heterocycles. The van der Waals surface area contributed by atoms with Crippen LogP contribution in [0.1, 0.15) is 20.3 Å². The van der Waals surface area contributed by atoms with E-state index in [1.165, 1.54) is 6.07 Å². The fraction of sp³-hybridized carbons (Fsp3) is 0.571. The molecular weight excluding hydrogens is 367 g/mol. The molecule has 1 aromatic rings. The van der Waals surface area contributed by atoms with E-state index in [1.807, 2.05) is 11.8 Å². The van der Waals surface area contributed by atoms with Gasteiger partial charge in [-0.3, -0.25) is 0 Å². The molecule has 1 aliphatic rings. The zero-order chi connectivity index (χ0) is 15.7. The van der Waals surface area contributed by atoms with Gasteiger partial charge in [0.15, 0.2) is 0 Å². The van der Waals surface area contributed by atoms with Gasteiger partial charge in [-0.15, -0.1) is 13.2 Å². The summed E-state index contributed by atoms with van der Waals surface area (Å²) in [6, 6.07) is 4.87. The van der Waals surface area contributed by atoms with Crippen molar-refractivity contribution in [2.75, 3.05) is 16.8 Å². The Kier molecular flexibility index (Phi) is 5.03. The van der Waals surface area contributed by atoms with Crippen molar-refractivity contribution in [2.24, 2.45) is 5.41 Å². The van der Waals surface area contributed by atoms with E-state index in [1.54, 1.807) is 12.1 Å². The topological polar surface area (TPSA) is 21.3 Å². The largest absolute Gasteiger partial charge is 0.573 e. The van der Waals surface area contributed by atoms with Crippen LogP contribution in [-0.4, -0.2) is 23.9 Å². The fourth-order valence-corrected chi connectivity index (χ4v) is 4.12. The van der Waals surface area contributed by atoms with Crippen LogP contribution in [0.5, 0.6) is 5.75 Å². The molecule has 0 aromatic heterocycles. The Labute approximate surface area is 134 Å². The van der Waals surface area contributed by atoms with Crippen LogP contribution in [0.3, 0.4) is 0 Å². The standard InChI is InChI=1S/C14H17BrF3NOS/c1-13(2)6-10(7-21-8-13)19-9-3-4-12(11(15)5-9)20-14(16,17)18/h3-5,10,19H,6-8H2,1-2H3. The number of halogens is 4. The lowest BCUT2D eigenvalue weighted by Gasteiger charge is -2.35. The van der Waals surface area contributed by atoms with Crippen molar-refractivity contribution in [3.05, 3.63) is 22.7 Å². The van der Waals surface area contributed by atoms with Gasteiger partial charge in [-0.1, -0.05) is 13.8 Å². The minimum absolute atomic E-state index is 0.230. The van der Waals surface area contributed by atoms with Crippen molar-refractivity contribution >= 4 is 33.4 Å². The lowest BCUT2D eigenvalue weighted by atomic mass is 9.88. The van der Waals surface area contributed by atoms with Crippen LogP contribution in [0.4, 0.5) is 18.9 Å². The SMILES string of the molecule is CC1(C)CSCC(Nc2ccc(OC(F)(F)F)c(Br)c2)C1. The summed E-state index contributed by atoms with van der Waals surface area (Å²) < 4.78 is 40.9. The predicted octanol–water partition coefficient (Wildman–Crippen LogP) is 5.29. The van der Waals surface area contributed by atoms with Gasteiger partial charge in [0.2, 0.25) is 0 Å². The van der Waals surface area contributed by atoms with Crippen molar-refractivity contribution in [1.29, 1.82) is 0 Å². The van der Waals surface area contributed by atoms with Crippen molar-refractivity contribution in [3.8, 4) is 5.75 Å². The molecule has 0 amide bonds. The van der Waals surface area contributed by atoms with E-state index < -0.39 is 6.36 Å². The van der Waals surface area contributed by atoms with Crippen LogP contribution in [0, 0.1) is 5.41 Å². The second-order valence-corrected chi connectivity index (χ2v) is 7.80. The lowest BCUT2D eigenvalue weighted by molar-refractivity contribution is -0.274. The van der Waals surface area contributed by atoms with Crippen LogP contribution >= 0.6 is 27.7 Å². The first kappa shape index (κ1) is 16.8. The molecule has 0 spiro atoms. The summed E-state index contributed by atoms with van der Waals surface area (Å²) in [4.78, 5) is 0. The first-order chi connectivity index (χ1) is 9.65. The average molecular weight is 384 g/mol. The lowest BCUT2D eigenvalue weighted by Crippen LogP contribution is -2.35. The average Bonchev–Trinajstić information content (AvgIpc) is 2.30. The van der Waals surface area contributed by atoms with Crippen LogP contribution in [0.2, 0.25) is 0 Å². The highest BCUT2D eigenvalue weighted by atomic mass is 79.9. The first-order valence-corrected chi connectivity index (χ1v) is 8.49. The van der Waals surface area contributed by atoms with Crippen molar-refractivity contribution in [3.63, 3.8) is 0 Å². The number of hydrogen-bond donors (Lipinski definition) is 1. The van der Waals surface area contributed by atoms with Crippen LogP contribution < -0.4 is 10.1 Å². The highest BCUT2D eigenvalue weighted by Gasteiger charge is 2.32. The number of alkyl halides is 3. The van der Waals surface area contributed by atoms with Gasteiger partial charge in [0, 0.05) is 17.5 Å². The molecule has 0 saturated carbocycles. The minimum atomic E-state index is -4.68. The van der Waals surface area contributed by atoms with Gasteiger partial charge < -0.3 is 10.1 Å². The smallest absolute Gasteiger partial charge is 0.405 e. The zero-order valence-corrected chi connectivity index (χ0v) is 14.2. The molecule has 2 rings (SSSR count). The van der Waals surface area contributed by atoms with E-state index >= 15 is 0 Å². The zero-order valence-electron chi connectivity index (χ0n) is 11.8. The number of thioether (sulfide) groups is 1. The van der Waals surface area contributed by atoms with E-state index in [9.17, 15) is 13.2 Å². The van der Waals surface area contributed by atoms with Crippen LogP contribution in [0.15, 0.2) is 22.7 Å². The summed E-state index contributed by atoms with van der Waals surface area (Å²) in [6.07, 6.45) is -3.64. The molecule has 2 nitrogen and oxygen atoms in total. The molecule has 21 heavy (non-hydrogen) atoms.